The quantitative estimate of drug-likeness (QED) is 0.873. The number of para-hydroxylation sites is 2. The Bertz CT molecular complexity index is 676. The van der Waals surface area contributed by atoms with Crippen LogP contribution in [0.4, 0.5) is 18.9 Å². The van der Waals surface area contributed by atoms with Gasteiger partial charge in [0, 0.05) is 6.54 Å². The summed E-state index contributed by atoms with van der Waals surface area (Å²) in [6.45, 7) is -1.61. The number of nitrogens with one attached hydrogen (secondary N) is 1. The number of alkyl halides is 3. The second-order valence-corrected chi connectivity index (χ2v) is 7.04. The van der Waals surface area contributed by atoms with Crippen LogP contribution in [0.1, 0.15) is 6.42 Å². The molecule has 0 aliphatic carbocycles. The molecule has 1 saturated heterocycles. The summed E-state index contributed by atoms with van der Waals surface area (Å²) in [5, 5.41) is 2.37. The molecule has 1 amide bonds. The lowest BCUT2D eigenvalue weighted by atomic mass is 10.3. The lowest BCUT2D eigenvalue weighted by molar-refractivity contribution is -0.153. The molecule has 6 nitrogen and oxygen atoms in total. The fourth-order valence-electron chi connectivity index (χ4n) is 2.07. The van der Waals surface area contributed by atoms with E-state index in [4.69, 9.17) is 0 Å². The number of halogens is 3. The predicted octanol–water partition coefficient (Wildman–Crippen LogP) is 1.60. The van der Waals surface area contributed by atoms with Gasteiger partial charge in [0.2, 0.25) is 15.9 Å². The van der Waals surface area contributed by atoms with Crippen LogP contribution in [-0.2, 0) is 14.8 Å². The molecule has 128 valence electrons. The molecule has 0 spiro atoms. The average Bonchev–Trinajstić information content (AvgIpc) is 2.76. The monoisotopic (exact) mass is 352 g/mol. The Morgan fingerprint density at radius 1 is 1.30 bits per heavy atom. The third-order valence-electron chi connectivity index (χ3n) is 3.08. The molecule has 23 heavy (non-hydrogen) atoms. The molecule has 1 fully saturated rings. The lowest BCUT2D eigenvalue weighted by Crippen LogP contribution is -2.34. The third-order valence-corrected chi connectivity index (χ3v) is 4.98. The van der Waals surface area contributed by atoms with Crippen LogP contribution in [0.25, 0.3) is 0 Å². The molecule has 10 heteroatoms. The third kappa shape index (κ3) is 5.10. The zero-order valence-corrected chi connectivity index (χ0v) is 12.8. The van der Waals surface area contributed by atoms with Crippen LogP contribution in [0.15, 0.2) is 24.3 Å². The van der Waals surface area contributed by atoms with Crippen molar-refractivity contribution in [2.75, 3.05) is 30.8 Å². The van der Waals surface area contributed by atoms with Gasteiger partial charge in [0.25, 0.3) is 0 Å². The van der Waals surface area contributed by atoms with E-state index in [9.17, 15) is 26.4 Å². The Morgan fingerprint density at radius 2 is 2.00 bits per heavy atom. The largest absolute Gasteiger partial charge is 0.482 e. The maximum Gasteiger partial charge on any atom is 0.422 e. The zero-order chi connectivity index (χ0) is 17.1. The predicted molar refractivity (Wildman–Crippen MR) is 76.6 cm³/mol. The number of rotatable bonds is 5. The normalized spacial score (nSPS) is 17.9. The highest BCUT2D eigenvalue weighted by atomic mass is 32.2. The van der Waals surface area contributed by atoms with Gasteiger partial charge in [-0.2, -0.15) is 17.5 Å². The second-order valence-electron chi connectivity index (χ2n) is 4.95. The maximum atomic E-state index is 12.2. The van der Waals surface area contributed by atoms with Crippen LogP contribution in [0, 0.1) is 0 Å². The molecular weight excluding hydrogens is 337 g/mol. The molecule has 1 aliphatic heterocycles. The maximum absolute atomic E-state index is 12.2. The van der Waals surface area contributed by atoms with Crippen molar-refractivity contribution in [3.05, 3.63) is 24.3 Å². The summed E-state index contributed by atoms with van der Waals surface area (Å²) in [4.78, 5) is 11.9. The van der Waals surface area contributed by atoms with Crippen molar-refractivity contribution in [3.63, 3.8) is 0 Å². The Morgan fingerprint density at radius 3 is 2.61 bits per heavy atom. The minimum absolute atomic E-state index is 0.00837. The number of benzene rings is 1. The molecule has 1 N–H and O–H groups in total. The number of nitrogens with zero attached hydrogens (tertiary/aromatic N) is 1. The SMILES string of the molecule is O=C(CN1CCCS1(=O)=O)Nc1ccccc1OCC(F)(F)F. The summed E-state index contributed by atoms with van der Waals surface area (Å²) in [5.74, 6) is -0.785. The van der Waals surface area contributed by atoms with Crippen LogP contribution >= 0.6 is 0 Å². The van der Waals surface area contributed by atoms with E-state index >= 15 is 0 Å². The first-order valence-corrected chi connectivity index (χ1v) is 8.34. The van der Waals surface area contributed by atoms with E-state index in [1.807, 2.05) is 0 Å². The van der Waals surface area contributed by atoms with Gasteiger partial charge in [0.15, 0.2) is 6.61 Å². The number of anilines is 1. The number of amides is 1. The highest BCUT2D eigenvalue weighted by Crippen LogP contribution is 2.26. The lowest BCUT2D eigenvalue weighted by Gasteiger charge is -2.16. The van der Waals surface area contributed by atoms with Crippen molar-refractivity contribution in [1.29, 1.82) is 0 Å². The first-order valence-electron chi connectivity index (χ1n) is 6.74. The zero-order valence-electron chi connectivity index (χ0n) is 12.0. The fourth-order valence-corrected chi connectivity index (χ4v) is 3.55. The Hall–Kier alpha value is -1.81. The highest BCUT2D eigenvalue weighted by molar-refractivity contribution is 7.89. The molecule has 0 aromatic heterocycles. The van der Waals surface area contributed by atoms with E-state index in [-0.39, 0.29) is 30.3 Å². The van der Waals surface area contributed by atoms with Gasteiger partial charge in [-0.25, -0.2) is 8.42 Å². The molecule has 1 heterocycles. The summed E-state index contributed by atoms with van der Waals surface area (Å²) in [5.41, 5.74) is 0.0540. The minimum atomic E-state index is -4.50. The van der Waals surface area contributed by atoms with Crippen LogP contribution < -0.4 is 10.1 Å². The van der Waals surface area contributed by atoms with Crippen molar-refractivity contribution in [2.45, 2.75) is 12.6 Å². The summed E-state index contributed by atoms with van der Waals surface area (Å²) in [6, 6.07) is 5.64. The minimum Gasteiger partial charge on any atom is -0.482 e. The van der Waals surface area contributed by atoms with Gasteiger partial charge in [-0.1, -0.05) is 12.1 Å². The van der Waals surface area contributed by atoms with Crippen molar-refractivity contribution in [1.82, 2.24) is 4.31 Å². The molecule has 0 bridgehead atoms. The van der Waals surface area contributed by atoms with Crippen molar-refractivity contribution in [2.24, 2.45) is 0 Å². The van der Waals surface area contributed by atoms with Gasteiger partial charge in [-0.05, 0) is 18.6 Å². The van der Waals surface area contributed by atoms with E-state index in [1.54, 1.807) is 0 Å². The Balaban J connectivity index is 2.01. The molecule has 0 atom stereocenters. The van der Waals surface area contributed by atoms with Gasteiger partial charge in [0.05, 0.1) is 18.0 Å². The van der Waals surface area contributed by atoms with E-state index in [0.29, 0.717) is 6.42 Å². The van der Waals surface area contributed by atoms with Crippen LogP contribution in [-0.4, -0.2) is 50.3 Å². The topological polar surface area (TPSA) is 75.7 Å². The molecular formula is C13H15F3N2O4S. The van der Waals surface area contributed by atoms with Gasteiger partial charge in [-0.15, -0.1) is 0 Å². The standard InChI is InChI=1S/C13H15F3N2O4S/c14-13(15,16)9-22-11-5-2-1-4-10(11)17-12(19)8-18-6-3-7-23(18,20)21/h1-2,4-5H,3,6-9H2,(H,17,19). The highest BCUT2D eigenvalue weighted by Gasteiger charge is 2.31. The molecule has 0 unspecified atom stereocenters. The van der Waals surface area contributed by atoms with E-state index in [0.717, 1.165) is 4.31 Å². The summed E-state index contributed by atoms with van der Waals surface area (Å²) in [6.07, 6.45) is -4.05. The summed E-state index contributed by atoms with van der Waals surface area (Å²) < 4.78 is 65.6. The number of hydrogen-bond donors (Lipinski definition) is 1. The Kier molecular flexibility index (Phi) is 5.15. The molecule has 0 saturated carbocycles. The fraction of sp³-hybridized carbons (Fsp3) is 0.462. The van der Waals surface area contributed by atoms with Gasteiger partial charge in [0.1, 0.15) is 5.75 Å². The second kappa shape index (κ2) is 6.75. The first-order chi connectivity index (χ1) is 10.7. The van der Waals surface area contributed by atoms with Gasteiger partial charge >= 0.3 is 6.18 Å². The summed E-state index contributed by atoms with van der Waals surface area (Å²) >= 11 is 0. The first kappa shape index (κ1) is 17.5. The molecule has 1 aliphatic rings. The number of sulfonamides is 1. The van der Waals surface area contributed by atoms with Crippen LogP contribution in [0.3, 0.4) is 0 Å². The van der Waals surface area contributed by atoms with Crippen LogP contribution in [0.5, 0.6) is 5.75 Å². The van der Waals surface area contributed by atoms with Crippen molar-refractivity contribution in [3.8, 4) is 5.75 Å². The Labute approximate surface area is 131 Å². The van der Waals surface area contributed by atoms with Gasteiger partial charge in [-0.3, -0.25) is 4.79 Å². The van der Waals surface area contributed by atoms with Crippen LogP contribution in [0.2, 0.25) is 0 Å². The van der Waals surface area contributed by atoms with Gasteiger partial charge < -0.3 is 10.1 Å². The van der Waals surface area contributed by atoms with E-state index in [2.05, 4.69) is 10.1 Å². The molecule has 0 radical (unpaired) electrons. The van der Waals surface area contributed by atoms with E-state index < -0.39 is 28.7 Å². The number of hydrogen-bond acceptors (Lipinski definition) is 4. The molecule has 1 aromatic carbocycles. The number of carbonyl (C=O) groups is 1. The van der Waals surface area contributed by atoms with Crippen molar-refractivity contribution < 1.29 is 31.1 Å². The number of carbonyl (C=O) groups excluding carboxylic acids is 1. The summed E-state index contributed by atoms with van der Waals surface area (Å²) in [7, 11) is -3.42. The van der Waals surface area contributed by atoms with E-state index in [1.165, 1.54) is 24.3 Å². The molecule has 1 aromatic rings. The molecule has 2 rings (SSSR count). The smallest absolute Gasteiger partial charge is 0.422 e. The average molecular weight is 352 g/mol. The van der Waals surface area contributed by atoms with Crippen molar-refractivity contribution >= 4 is 21.6 Å². The number of ether oxygens (including phenoxy) is 1.